The molecule has 22 heavy (non-hydrogen) atoms. The first-order valence-electron chi connectivity index (χ1n) is 7.41. The van der Waals surface area contributed by atoms with Gasteiger partial charge in [0.1, 0.15) is 10.8 Å². The predicted octanol–water partition coefficient (Wildman–Crippen LogP) is 5.11. The van der Waals surface area contributed by atoms with Crippen LogP contribution in [-0.2, 0) is 0 Å². The third-order valence-corrected chi connectivity index (χ3v) is 4.74. The Balaban J connectivity index is 2.17. The van der Waals surface area contributed by atoms with Gasteiger partial charge in [-0.3, -0.25) is 0 Å². The van der Waals surface area contributed by atoms with Crippen LogP contribution in [0.5, 0.6) is 5.75 Å². The van der Waals surface area contributed by atoms with Crippen LogP contribution in [0.15, 0.2) is 23.6 Å². The Hall–Kier alpha value is -1.94. The van der Waals surface area contributed by atoms with E-state index in [4.69, 9.17) is 14.7 Å². The van der Waals surface area contributed by atoms with Crippen LogP contribution < -0.4 is 4.74 Å². The predicted molar refractivity (Wildman–Crippen MR) is 93.0 cm³/mol. The molecule has 0 aliphatic heterocycles. The van der Waals surface area contributed by atoms with Gasteiger partial charge < -0.3 is 4.74 Å². The molecule has 0 atom stereocenters. The highest BCUT2D eigenvalue weighted by atomic mass is 32.1. The Morgan fingerprint density at radius 1 is 1.05 bits per heavy atom. The van der Waals surface area contributed by atoms with E-state index >= 15 is 0 Å². The molecular formula is C18H20N2OS. The maximum atomic E-state index is 5.36. The molecule has 0 aliphatic carbocycles. The van der Waals surface area contributed by atoms with Gasteiger partial charge in [-0.05, 0) is 49.1 Å². The summed E-state index contributed by atoms with van der Waals surface area (Å²) in [4.78, 5) is 9.57. The molecule has 114 valence electrons. The maximum Gasteiger partial charge on any atom is 0.142 e. The molecule has 2 heterocycles. The van der Waals surface area contributed by atoms with Crippen molar-refractivity contribution >= 4 is 22.2 Å². The molecule has 0 amide bonds. The largest absolute Gasteiger partial charge is 0.497 e. The van der Waals surface area contributed by atoms with Crippen LogP contribution in [0.1, 0.15) is 36.6 Å². The molecule has 4 heteroatoms. The van der Waals surface area contributed by atoms with Gasteiger partial charge in [-0.25, -0.2) is 9.97 Å². The number of fused-ring (bicyclic) bond motifs is 1. The Morgan fingerprint density at radius 3 is 2.45 bits per heavy atom. The Bertz CT molecular complexity index is 836. The van der Waals surface area contributed by atoms with Crippen LogP contribution in [0, 0.1) is 13.8 Å². The van der Waals surface area contributed by atoms with Crippen molar-refractivity contribution in [2.45, 2.75) is 33.6 Å². The number of rotatable bonds is 3. The molecule has 2 aromatic heterocycles. The molecule has 0 fully saturated rings. The number of ether oxygens (including phenoxy) is 1. The zero-order chi connectivity index (χ0) is 15.9. The molecule has 3 rings (SSSR count). The Morgan fingerprint density at radius 2 is 1.82 bits per heavy atom. The van der Waals surface area contributed by atoms with E-state index in [1.807, 2.05) is 6.07 Å². The third kappa shape index (κ3) is 2.59. The number of aromatic nitrogens is 2. The monoisotopic (exact) mass is 312 g/mol. The van der Waals surface area contributed by atoms with Crippen LogP contribution in [0.4, 0.5) is 0 Å². The highest BCUT2D eigenvalue weighted by Gasteiger charge is 2.12. The number of methoxy groups -OCH3 is 1. The molecule has 0 saturated carbocycles. The summed E-state index contributed by atoms with van der Waals surface area (Å²) >= 11 is 1.66. The average Bonchev–Trinajstić information content (AvgIpc) is 2.97. The first-order valence-corrected chi connectivity index (χ1v) is 8.29. The van der Waals surface area contributed by atoms with Crippen molar-refractivity contribution in [3.8, 4) is 16.5 Å². The summed E-state index contributed by atoms with van der Waals surface area (Å²) < 4.78 is 5.36. The van der Waals surface area contributed by atoms with Gasteiger partial charge in [-0.2, -0.15) is 0 Å². The zero-order valence-corrected chi connectivity index (χ0v) is 14.4. The van der Waals surface area contributed by atoms with E-state index in [0.717, 1.165) is 38.6 Å². The zero-order valence-electron chi connectivity index (χ0n) is 13.6. The molecule has 0 N–H and O–H groups in total. The smallest absolute Gasteiger partial charge is 0.142 e. The van der Waals surface area contributed by atoms with Crippen molar-refractivity contribution in [3.05, 3.63) is 40.4 Å². The lowest BCUT2D eigenvalue weighted by Gasteiger charge is -2.10. The number of thiazole rings is 1. The molecule has 0 bridgehead atoms. The average molecular weight is 312 g/mol. The summed E-state index contributed by atoms with van der Waals surface area (Å²) in [7, 11) is 1.70. The Kier molecular flexibility index (Phi) is 3.87. The second-order valence-electron chi connectivity index (χ2n) is 5.90. The summed E-state index contributed by atoms with van der Waals surface area (Å²) in [6.07, 6.45) is 0. The molecular weight excluding hydrogens is 292 g/mol. The summed E-state index contributed by atoms with van der Waals surface area (Å²) in [6.45, 7) is 8.51. The number of hydrogen-bond donors (Lipinski definition) is 0. The van der Waals surface area contributed by atoms with E-state index in [9.17, 15) is 0 Å². The second-order valence-corrected chi connectivity index (χ2v) is 6.76. The van der Waals surface area contributed by atoms with E-state index in [1.165, 1.54) is 5.56 Å². The van der Waals surface area contributed by atoms with Crippen molar-refractivity contribution in [2.75, 3.05) is 7.11 Å². The van der Waals surface area contributed by atoms with Gasteiger partial charge in [0, 0.05) is 10.8 Å². The quantitative estimate of drug-likeness (QED) is 0.674. The normalized spacial score (nSPS) is 11.4. The number of nitrogens with zero attached hydrogens (tertiary/aromatic N) is 2. The van der Waals surface area contributed by atoms with Crippen molar-refractivity contribution < 1.29 is 4.74 Å². The minimum absolute atomic E-state index is 0.442. The van der Waals surface area contributed by atoms with Gasteiger partial charge in [-0.15, -0.1) is 11.3 Å². The van der Waals surface area contributed by atoms with E-state index in [0.29, 0.717) is 5.92 Å². The number of hydrogen-bond acceptors (Lipinski definition) is 4. The molecule has 0 saturated heterocycles. The molecule has 0 radical (unpaired) electrons. The Labute approximate surface area is 135 Å². The van der Waals surface area contributed by atoms with Crippen molar-refractivity contribution in [3.63, 3.8) is 0 Å². The number of pyridine rings is 1. The minimum Gasteiger partial charge on any atom is -0.497 e. The van der Waals surface area contributed by atoms with Crippen LogP contribution in [0.25, 0.3) is 21.6 Å². The summed E-state index contributed by atoms with van der Waals surface area (Å²) in [5, 5.41) is 4.26. The minimum atomic E-state index is 0.442. The van der Waals surface area contributed by atoms with Crippen LogP contribution in [0.2, 0.25) is 0 Å². The molecule has 0 aliphatic rings. The standard InChI is InChI=1S/C18H20N2OS/c1-10(2)16-9-22-18(20-16)15-7-11(3)14-8-13(21-5)6-12(4)17(14)19-15/h6-10H,1-5H3. The van der Waals surface area contributed by atoms with Crippen molar-refractivity contribution in [1.82, 2.24) is 9.97 Å². The fraction of sp³-hybridized carbons (Fsp3) is 0.333. The fourth-order valence-corrected chi connectivity index (χ4v) is 3.47. The van der Waals surface area contributed by atoms with Crippen LogP contribution in [-0.4, -0.2) is 17.1 Å². The first-order chi connectivity index (χ1) is 10.5. The summed E-state index contributed by atoms with van der Waals surface area (Å²) in [5.74, 6) is 1.32. The van der Waals surface area contributed by atoms with E-state index < -0.39 is 0 Å². The van der Waals surface area contributed by atoms with Gasteiger partial charge >= 0.3 is 0 Å². The van der Waals surface area contributed by atoms with E-state index in [1.54, 1.807) is 18.4 Å². The fourth-order valence-electron chi connectivity index (χ4n) is 2.53. The van der Waals surface area contributed by atoms with Gasteiger partial charge in [0.25, 0.3) is 0 Å². The van der Waals surface area contributed by atoms with Gasteiger partial charge in [0.2, 0.25) is 0 Å². The third-order valence-electron chi connectivity index (χ3n) is 3.85. The molecule has 0 unspecified atom stereocenters. The maximum absolute atomic E-state index is 5.36. The van der Waals surface area contributed by atoms with Gasteiger partial charge in [0.15, 0.2) is 0 Å². The lowest BCUT2D eigenvalue weighted by Crippen LogP contribution is -1.94. The molecule has 1 aromatic carbocycles. The number of benzene rings is 1. The highest BCUT2D eigenvalue weighted by Crippen LogP contribution is 2.31. The van der Waals surface area contributed by atoms with Crippen LogP contribution >= 0.6 is 11.3 Å². The van der Waals surface area contributed by atoms with Crippen molar-refractivity contribution in [1.29, 1.82) is 0 Å². The molecule has 0 spiro atoms. The lowest BCUT2D eigenvalue weighted by molar-refractivity contribution is 0.415. The lowest BCUT2D eigenvalue weighted by atomic mass is 10.0. The number of aryl methyl sites for hydroxylation is 2. The molecule has 3 aromatic rings. The van der Waals surface area contributed by atoms with Crippen molar-refractivity contribution in [2.24, 2.45) is 0 Å². The summed E-state index contributed by atoms with van der Waals surface area (Å²) in [5.41, 5.74) is 5.43. The SMILES string of the molecule is COc1cc(C)c2nc(-c3nc(C(C)C)cs3)cc(C)c2c1. The van der Waals surface area contributed by atoms with E-state index in [-0.39, 0.29) is 0 Å². The first kappa shape index (κ1) is 15.0. The van der Waals surface area contributed by atoms with E-state index in [2.05, 4.69) is 45.2 Å². The van der Waals surface area contributed by atoms with Gasteiger partial charge in [-0.1, -0.05) is 13.8 Å². The highest BCUT2D eigenvalue weighted by molar-refractivity contribution is 7.13. The molecule has 3 nitrogen and oxygen atoms in total. The van der Waals surface area contributed by atoms with Gasteiger partial charge in [0.05, 0.1) is 24.0 Å². The van der Waals surface area contributed by atoms with Crippen LogP contribution in [0.3, 0.4) is 0 Å². The topological polar surface area (TPSA) is 35.0 Å². The second kappa shape index (κ2) is 5.69. The summed E-state index contributed by atoms with van der Waals surface area (Å²) in [6, 6.07) is 6.19.